The van der Waals surface area contributed by atoms with Crippen LogP contribution in [-0.4, -0.2) is 44.6 Å². The summed E-state index contributed by atoms with van der Waals surface area (Å²) in [4.78, 5) is 2.59. The molecule has 1 atom stereocenters. The van der Waals surface area contributed by atoms with Crippen LogP contribution in [0, 0.1) is 5.92 Å². The number of aliphatic hydroxyl groups is 1. The third-order valence-corrected chi connectivity index (χ3v) is 4.21. The SMILES string of the molecule is CCCCCN1CCC(Cn2cc(C(C)O)nn2)CC1. The van der Waals surface area contributed by atoms with Crippen LogP contribution in [0.4, 0.5) is 0 Å². The van der Waals surface area contributed by atoms with Crippen molar-refractivity contribution in [1.82, 2.24) is 19.9 Å². The predicted octanol–water partition coefficient (Wildman–Crippen LogP) is 2.23. The smallest absolute Gasteiger partial charge is 0.111 e. The van der Waals surface area contributed by atoms with Crippen LogP contribution in [0.5, 0.6) is 0 Å². The number of rotatable bonds is 7. The summed E-state index contributed by atoms with van der Waals surface area (Å²) < 4.78 is 1.89. The number of aromatic nitrogens is 3. The zero-order chi connectivity index (χ0) is 14.4. The average Bonchev–Trinajstić information content (AvgIpc) is 2.90. The van der Waals surface area contributed by atoms with Gasteiger partial charge in [-0.1, -0.05) is 25.0 Å². The van der Waals surface area contributed by atoms with E-state index in [1.807, 2.05) is 10.9 Å². The Bertz CT molecular complexity index is 383. The molecule has 1 unspecified atom stereocenters. The molecule has 0 spiro atoms. The summed E-state index contributed by atoms with van der Waals surface area (Å²) in [6.45, 7) is 8.60. The molecule has 20 heavy (non-hydrogen) atoms. The lowest BCUT2D eigenvalue weighted by Crippen LogP contribution is -2.35. The summed E-state index contributed by atoms with van der Waals surface area (Å²) in [5, 5.41) is 17.6. The Morgan fingerprint density at radius 2 is 2.10 bits per heavy atom. The highest BCUT2D eigenvalue weighted by Crippen LogP contribution is 2.19. The summed E-state index contributed by atoms with van der Waals surface area (Å²) in [7, 11) is 0. The van der Waals surface area contributed by atoms with Gasteiger partial charge >= 0.3 is 0 Å². The minimum absolute atomic E-state index is 0.524. The average molecular weight is 280 g/mol. The Kier molecular flexibility index (Phi) is 5.98. The molecule has 0 bridgehead atoms. The molecule has 2 heterocycles. The van der Waals surface area contributed by atoms with Crippen LogP contribution in [0.1, 0.15) is 57.7 Å². The van der Waals surface area contributed by atoms with Gasteiger partial charge in [-0.05, 0) is 51.7 Å². The second-order valence-electron chi connectivity index (χ2n) is 6.03. The first-order chi connectivity index (χ1) is 9.69. The number of aliphatic hydroxyl groups excluding tert-OH is 1. The largest absolute Gasteiger partial charge is 0.387 e. The molecule has 0 aromatic carbocycles. The Balaban J connectivity index is 1.71. The van der Waals surface area contributed by atoms with Gasteiger partial charge in [-0.3, -0.25) is 4.68 Å². The van der Waals surface area contributed by atoms with E-state index in [1.54, 1.807) is 6.92 Å². The van der Waals surface area contributed by atoms with Gasteiger partial charge in [0.1, 0.15) is 5.69 Å². The quantitative estimate of drug-likeness (QED) is 0.778. The number of hydrogen-bond acceptors (Lipinski definition) is 4. The summed E-state index contributed by atoms with van der Waals surface area (Å²) in [6, 6.07) is 0. The van der Waals surface area contributed by atoms with Crippen LogP contribution < -0.4 is 0 Å². The van der Waals surface area contributed by atoms with E-state index < -0.39 is 6.10 Å². The van der Waals surface area contributed by atoms with Gasteiger partial charge in [0.25, 0.3) is 0 Å². The molecule has 114 valence electrons. The van der Waals surface area contributed by atoms with E-state index in [9.17, 15) is 5.11 Å². The van der Waals surface area contributed by atoms with Gasteiger partial charge in [0, 0.05) is 6.54 Å². The number of unbranched alkanes of at least 4 members (excludes halogenated alkanes) is 2. The Labute approximate surface area is 122 Å². The lowest BCUT2D eigenvalue weighted by Gasteiger charge is -2.31. The third-order valence-electron chi connectivity index (χ3n) is 4.21. The van der Waals surface area contributed by atoms with Crippen molar-refractivity contribution in [3.8, 4) is 0 Å². The monoisotopic (exact) mass is 280 g/mol. The second kappa shape index (κ2) is 7.74. The van der Waals surface area contributed by atoms with Crippen molar-refractivity contribution in [3.63, 3.8) is 0 Å². The van der Waals surface area contributed by atoms with E-state index in [0.717, 1.165) is 6.54 Å². The maximum atomic E-state index is 9.46. The molecule has 1 aromatic heterocycles. The number of hydrogen-bond donors (Lipinski definition) is 1. The van der Waals surface area contributed by atoms with Crippen LogP contribution in [0.25, 0.3) is 0 Å². The normalized spacial score (nSPS) is 19.4. The van der Waals surface area contributed by atoms with E-state index in [1.165, 1.54) is 51.7 Å². The van der Waals surface area contributed by atoms with Gasteiger partial charge in [0.2, 0.25) is 0 Å². The van der Waals surface area contributed by atoms with Crippen LogP contribution in [0.2, 0.25) is 0 Å². The van der Waals surface area contributed by atoms with Crippen molar-refractivity contribution in [2.45, 2.75) is 58.6 Å². The lowest BCUT2D eigenvalue weighted by molar-refractivity contribution is 0.168. The van der Waals surface area contributed by atoms with Gasteiger partial charge in [-0.2, -0.15) is 0 Å². The number of nitrogens with zero attached hydrogens (tertiary/aromatic N) is 4. The highest BCUT2D eigenvalue weighted by molar-refractivity contribution is 4.95. The Morgan fingerprint density at radius 3 is 2.70 bits per heavy atom. The zero-order valence-corrected chi connectivity index (χ0v) is 12.8. The number of likely N-dealkylation sites (tertiary alicyclic amines) is 1. The minimum Gasteiger partial charge on any atom is -0.387 e. The van der Waals surface area contributed by atoms with Crippen LogP contribution >= 0.6 is 0 Å². The molecule has 5 nitrogen and oxygen atoms in total. The van der Waals surface area contributed by atoms with E-state index >= 15 is 0 Å². The summed E-state index contributed by atoms with van der Waals surface area (Å²) in [5.74, 6) is 0.695. The minimum atomic E-state index is -0.524. The molecule has 1 fully saturated rings. The summed E-state index contributed by atoms with van der Waals surface area (Å²) in [5.41, 5.74) is 0.669. The van der Waals surface area contributed by atoms with Crippen molar-refractivity contribution in [2.24, 2.45) is 5.92 Å². The van der Waals surface area contributed by atoms with Crippen LogP contribution in [0.15, 0.2) is 6.20 Å². The Hall–Kier alpha value is -0.940. The predicted molar refractivity (Wildman–Crippen MR) is 79.3 cm³/mol. The molecule has 5 heteroatoms. The maximum absolute atomic E-state index is 9.46. The molecule has 1 aliphatic heterocycles. The maximum Gasteiger partial charge on any atom is 0.111 e. The highest BCUT2D eigenvalue weighted by Gasteiger charge is 2.19. The van der Waals surface area contributed by atoms with E-state index in [4.69, 9.17) is 0 Å². The standard InChI is InChI=1S/C15H28N4O/c1-3-4-5-8-18-9-6-14(7-10-18)11-19-12-15(13(2)20)16-17-19/h12-14,20H,3-11H2,1-2H3. The summed E-state index contributed by atoms with van der Waals surface area (Å²) in [6.07, 6.45) is 7.82. The van der Waals surface area contributed by atoms with Crippen LogP contribution in [0.3, 0.4) is 0 Å². The van der Waals surface area contributed by atoms with Gasteiger partial charge < -0.3 is 10.0 Å². The fourth-order valence-corrected chi connectivity index (χ4v) is 2.84. The zero-order valence-electron chi connectivity index (χ0n) is 12.8. The molecule has 0 radical (unpaired) electrons. The van der Waals surface area contributed by atoms with Gasteiger partial charge in [0.05, 0.1) is 12.3 Å². The first-order valence-corrected chi connectivity index (χ1v) is 7.99. The van der Waals surface area contributed by atoms with Crippen molar-refractivity contribution >= 4 is 0 Å². The van der Waals surface area contributed by atoms with Gasteiger partial charge in [-0.25, -0.2) is 0 Å². The molecule has 2 rings (SSSR count). The second-order valence-corrected chi connectivity index (χ2v) is 6.03. The first kappa shape index (κ1) is 15.4. The first-order valence-electron chi connectivity index (χ1n) is 7.99. The molecule has 0 amide bonds. The molecular weight excluding hydrogens is 252 g/mol. The van der Waals surface area contributed by atoms with Crippen LogP contribution in [-0.2, 0) is 6.54 Å². The fourth-order valence-electron chi connectivity index (χ4n) is 2.84. The topological polar surface area (TPSA) is 54.2 Å². The van der Waals surface area contributed by atoms with E-state index in [0.29, 0.717) is 11.6 Å². The molecule has 1 saturated heterocycles. The summed E-state index contributed by atoms with van der Waals surface area (Å²) >= 11 is 0. The lowest BCUT2D eigenvalue weighted by atomic mass is 9.96. The van der Waals surface area contributed by atoms with Gasteiger partial charge in [0.15, 0.2) is 0 Å². The Morgan fingerprint density at radius 1 is 1.35 bits per heavy atom. The van der Waals surface area contributed by atoms with Crippen molar-refractivity contribution in [1.29, 1.82) is 0 Å². The third kappa shape index (κ3) is 4.56. The molecule has 0 aliphatic carbocycles. The molecular formula is C15H28N4O. The highest BCUT2D eigenvalue weighted by atomic mass is 16.3. The number of piperidine rings is 1. The van der Waals surface area contributed by atoms with Crippen molar-refractivity contribution in [2.75, 3.05) is 19.6 Å². The molecule has 0 saturated carbocycles. The van der Waals surface area contributed by atoms with Gasteiger partial charge in [-0.15, -0.1) is 5.10 Å². The van der Waals surface area contributed by atoms with Crippen molar-refractivity contribution < 1.29 is 5.11 Å². The molecule has 1 aliphatic rings. The fraction of sp³-hybridized carbons (Fsp3) is 0.867. The van der Waals surface area contributed by atoms with Crippen molar-refractivity contribution in [3.05, 3.63) is 11.9 Å². The molecule has 1 aromatic rings. The van der Waals surface area contributed by atoms with E-state index in [-0.39, 0.29) is 0 Å². The van der Waals surface area contributed by atoms with E-state index in [2.05, 4.69) is 22.1 Å². The molecule has 1 N–H and O–H groups in total.